The quantitative estimate of drug-likeness (QED) is 0.762. The summed E-state index contributed by atoms with van der Waals surface area (Å²) in [5.74, 6) is 0. The van der Waals surface area contributed by atoms with E-state index in [2.05, 4.69) is 17.0 Å². The van der Waals surface area contributed by atoms with Gasteiger partial charge in [-0.3, -0.25) is 0 Å². The Hall–Kier alpha value is -0.660. The van der Waals surface area contributed by atoms with E-state index in [9.17, 15) is 0 Å². The summed E-state index contributed by atoms with van der Waals surface area (Å²) in [6, 6.07) is 10.1. The highest BCUT2D eigenvalue weighted by atomic mass is 35.5. The van der Waals surface area contributed by atoms with E-state index < -0.39 is 0 Å². The molecule has 0 fully saturated rings. The Morgan fingerprint density at radius 3 is 2.29 bits per heavy atom. The molecule has 76 valence electrons. The van der Waals surface area contributed by atoms with Crippen LogP contribution in [0.1, 0.15) is 6.92 Å². The molecule has 1 rings (SSSR count). The van der Waals surface area contributed by atoms with E-state index in [0.717, 1.165) is 17.8 Å². The van der Waals surface area contributed by atoms with Gasteiger partial charge >= 0.3 is 0 Å². The van der Waals surface area contributed by atoms with Gasteiger partial charge in [0, 0.05) is 19.3 Å². The van der Waals surface area contributed by atoms with Crippen molar-refractivity contribution in [3.63, 3.8) is 0 Å². The molecular weight excluding hydrogens is 217 g/mol. The molecule has 0 aromatic heterocycles. The van der Waals surface area contributed by atoms with Gasteiger partial charge in [0.25, 0.3) is 0 Å². The van der Waals surface area contributed by atoms with E-state index in [-0.39, 0.29) is 0 Å². The summed E-state index contributed by atoms with van der Waals surface area (Å²) in [6.45, 7) is 2.67. The Morgan fingerprint density at radius 1 is 1.21 bits per heavy atom. The molecule has 0 aliphatic carbocycles. The first-order valence-electron chi connectivity index (χ1n) is 4.38. The third-order valence-electron chi connectivity index (χ3n) is 1.99. The van der Waals surface area contributed by atoms with Gasteiger partial charge in [0.05, 0.1) is 0 Å². The number of rotatable bonds is 3. The van der Waals surface area contributed by atoms with Crippen LogP contribution in [0.25, 0.3) is 0 Å². The molecule has 1 nitrogen and oxygen atoms in total. The molecule has 0 unspecified atom stereocenters. The van der Waals surface area contributed by atoms with Crippen LogP contribution >= 0.6 is 23.2 Å². The van der Waals surface area contributed by atoms with Crippen LogP contribution in [0.5, 0.6) is 0 Å². The number of nitrogens with zero attached hydrogens (tertiary/aromatic N) is 1. The van der Waals surface area contributed by atoms with Gasteiger partial charge in [-0.05, 0) is 24.6 Å². The number of likely N-dealkylation sites (N-methyl/N-ethyl adjacent to an activating group) is 1. The van der Waals surface area contributed by atoms with Crippen molar-refractivity contribution in [1.82, 2.24) is 0 Å². The van der Waals surface area contributed by atoms with Crippen LogP contribution in [-0.2, 0) is 0 Å². The molecule has 0 radical (unpaired) electrons. The van der Waals surface area contributed by atoms with Crippen LogP contribution in [0.4, 0.5) is 5.69 Å². The van der Waals surface area contributed by atoms with Crippen LogP contribution in [0, 0.1) is 0 Å². The number of anilines is 1. The van der Waals surface area contributed by atoms with Gasteiger partial charge in [-0.25, -0.2) is 0 Å². The van der Waals surface area contributed by atoms with E-state index in [1.165, 1.54) is 0 Å². The first-order valence-corrected chi connectivity index (χ1v) is 5.14. The van der Waals surface area contributed by atoms with Gasteiger partial charge in [-0.15, -0.1) is 0 Å². The van der Waals surface area contributed by atoms with Crippen molar-refractivity contribution >= 4 is 28.9 Å². The summed E-state index contributed by atoms with van der Waals surface area (Å²) in [6.07, 6.45) is 0. The molecule has 1 aromatic carbocycles. The maximum Gasteiger partial charge on any atom is 0.107 e. The number of para-hydroxylation sites is 1. The molecule has 3 heteroatoms. The van der Waals surface area contributed by atoms with Crippen molar-refractivity contribution in [2.75, 3.05) is 18.5 Å². The average Bonchev–Trinajstić information content (AvgIpc) is 2.19. The van der Waals surface area contributed by atoms with Crippen LogP contribution in [-0.4, -0.2) is 13.6 Å². The second-order valence-electron chi connectivity index (χ2n) is 3.23. The van der Waals surface area contributed by atoms with E-state index in [0.29, 0.717) is 4.49 Å². The molecule has 0 bridgehead atoms. The van der Waals surface area contributed by atoms with Gasteiger partial charge in [0.1, 0.15) is 4.49 Å². The molecule has 0 heterocycles. The van der Waals surface area contributed by atoms with Crippen LogP contribution in [0.15, 0.2) is 40.4 Å². The van der Waals surface area contributed by atoms with E-state index in [1.54, 1.807) is 0 Å². The van der Waals surface area contributed by atoms with Gasteiger partial charge in [-0.2, -0.15) is 0 Å². The zero-order valence-electron chi connectivity index (χ0n) is 8.30. The summed E-state index contributed by atoms with van der Waals surface area (Å²) in [5, 5.41) is 0. The second kappa shape index (κ2) is 5.28. The summed E-state index contributed by atoms with van der Waals surface area (Å²) < 4.78 is 0.354. The highest BCUT2D eigenvalue weighted by Crippen LogP contribution is 2.17. The normalized spacial score (nSPS) is 9.71. The molecule has 0 saturated carbocycles. The Balaban J connectivity index is 2.69. The highest BCUT2D eigenvalue weighted by Gasteiger charge is 2.02. The van der Waals surface area contributed by atoms with Gasteiger partial charge < -0.3 is 4.90 Å². The minimum atomic E-state index is 0.354. The van der Waals surface area contributed by atoms with Crippen molar-refractivity contribution in [3.05, 3.63) is 40.4 Å². The number of benzene rings is 1. The second-order valence-corrected chi connectivity index (χ2v) is 4.18. The van der Waals surface area contributed by atoms with E-state index in [4.69, 9.17) is 23.2 Å². The zero-order chi connectivity index (χ0) is 10.6. The van der Waals surface area contributed by atoms with E-state index in [1.807, 2.05) is 32.2 Å². The summed E-state index contributed by atoms with van der Waals surface area (Å²) in [5.41, 5.74) is 2.13. The van der Waals surface area contributed by atoms with Gasteiger partial charge in [0.2, 0.25) is 0 Å². The lowest BCUT2D eigenvalue weighted by Crippen LogP contribution is -2.19. The van der Waals surface area contributed by atoms with Crippen molar-refractivity contribution in [3.8, 4) is 0 Å². The van der Waals surface area contributed by atoms with Crippen LogP contribution in [0.2, 0.25) is 0 Å². The minimum Gasteiger partial charge on any atom is -0.371 e. The Labute approximate surface area is 94.9 Å². The SMILES string of the molecule is CC(CN(C)c1ccccc1)=C(Cl)Cl. The molecule has 14 heavy (non-hydrogen) atoms. The van der Waals surface area contributed by atoms with Crippen LogP contribution in [0.3, 0.4) is 0 Å². The van der Waals surface area contributed by atoms with Crippen molar-refractivity contribution < 1.29 is 0 Å². The summed E-state index contributed by atoms with van der Waals surface area (Å²) >= 11 is 11.4. The topological polar surface area (TPSA) is 3.24 Å². The predicted molar refractivity (Wildman–Crippen MR) is 64.1 cm³/mol. The minimum absolute atomic E-state index is 0.354. The highest BCUT2D eigenvalue weighted by molar-refractivity contribution is 6.56. The standard InChI is InChI=1S/C11H13Cl2N/c1-9(11(12)13)8-14(2)10-6-4-3-5-7-10/h3-7H,8H2,1-2H3. The molecule has 0 saturated heterocycles. The van der Waals surface area contributed by atoms with Crippen molar-refractivity contribution in [2.45, 2.75) is 6.92 Å². The molecular formula is C11H13Cl2N. The lowest BCUT2D eigenvalue weighted by atomic mass is 10.2. The molecule has 1 aromatic rings. The number of hydrogen-bond donors (Lipinski definition) is 0. The lowest BCUT2D eigenvalue weighted by molar-refractivity contribution is 0.982. The summed E-state index contributed by atoms with van der Waals surface area (Å²) in [7, 11) is 2.01. The zero-order valence-corrected chi connectivity index (χ0v) is 9.81. The molecule has 0 N–H and O–H groups in total. The fraction of sp³-hybridized carbons (Fsp3) is 0.273. The average molecular weight is 230 g/mol. The van der Waals surface area contributed by atoms with Crippen molar-refractivity contribution in [2.24, 2.45) is 0 Å². The maximum atomic E-state index is 5.68. The van der Waals surface area contributed by atoms with Crippen LogP contribution < -0.4 is 4.90 Å². The number of hydrogen-bond acceptors (Lipinski definition) is 1. The molecule has 0 aliphatic rings. The Kier molecular flexibility index (Phi) is 4.30. The molecule has 0 aliphatic heterocycles. The fourth-order valence-corrected chi connectivity index (χ4v) is 1.31. The predicted octanol–water partition coefficient (Wildman–Crippen LogP) is 3.83. The largest absolute Gasteiger partial charge is 0.371 e. The monoisotopic (exact) mass is 229 g/mol. The Bertz CT molecular complexity index is 315. The Morgan fingerprint density at radius 2 is 1.79 bits per heavy atom. The molecule has 0 amide bonds. The fourth-order valence-electron chi connectivity index (χ4n) is 1.19. The maximum absolute atomic E-state index is 5.68. The van der Waals surface area contributed by atoms with Gasteiger partial charge in [0.15, 0.2) is 0 Å². The smallest absolute Gasteiger partial charge is 0.107 e. The van der Waals surface area contributed by atoms with Gasteiger partial charge in [-0.1, -0.05) is 41.4 Å². The first kappa shape index (κ1) is 11.4. The lowest BCUT2D eigenvalue weighted by Gasteiger charge is -2.19. The summed E-state index contributed by atoms with van der Waals surface area (Å²) in [4.78, 5) is 2.10. The third-order valence-corrected chi connectivity index (χ3v) is 2.64. The number of halogens is 2. The van der Waals surface area contributed by atoms with Crippen molar-refractivity contribution in [1.29, 1.82) is 0 Å². The third kappa shape index (κ3) is 3.24. The molecule has 0 spiro atoms. The first-order chi connectivity index (χ1) is 6.61. The van der Waals surface area contributed by atoms with E-state index >= 15 is 0 Å². The molecule has 0 atom stereocenters.